The van der Waals surface area contributed by atoms with Crippen molar-refractivity contribution in [1.29, 1.82) is 0 Å². The van der Waals surface area contributed by atoms with Crippen LogP contribution in [0.2, 0.25) is 36.3 Å². The van der Waals surface area contributed by atoms with Crippen LogP contribution in [0.1, 0.15) is 52.7 Å². The topological polar surface area (TPSA) is 123 Å². The van der Waals surface area contributed by atoms with Gasteiger partial charge in [-0.05, 0) is 73.9 Å². The molecule has 0 aliphatic carbocycles. The maximum Gasteiger partial charge on any atom is 0.274 e. The van der Waals surface area contributed by atoms with E-state index in [2.05, 4.69) is 84.0 Å². The molecule has 0 radical (unpaired) electrons. The second kappa shape index (κ2) is 13.1. The SMILES string of the molecule is Cc1cc2cnn(CCO[Si](C)(C)C(C)(C)C)c2cc1N.Cc1cc2cnn(CCO[Si](C)(C)C(C)(C)C)c2cc1[N+](=O)[O-]. The number of hydrogen-bond acceptors (Lipinski definition) is 7. The van der Waals surface area contributed by atoms with Crippen molar-refractivity contribution in [3.05, 3.63) is 57.9 Å². The number of nitrogens with two attached hydrogens (primary N) is 1. The molecule has 242 valence electrons. The molecule has 0 saturated heterocycles. The molecule has 0 fully saturated rings. The van der Waals surface area contributed by atoms with Crippen LogP contribution < -0.4 is 5.73 Å². The number of fused-ring (bicyclic) bond motifs is 2. The highest BCUT2D eigenvalue weighted by Gasteiger charge is 2.37. The van der Waals surface area contributed by atoms with Crippen molar-refractivity contribution in [1.82, 2.24) is 19.6 Å². The molecule has 4 aromatic rings. The molecule has 0 aliphatic heterocycles. The van der Waals surface area contributed by atoms with E-state index in [-0.39, 0.29) is 20.7 Å². The lowest BCUT2D eigenvalue weighted by Gasteiger charge is -2.36. The van der Waals surface area contributed by atoms with Gasteiger partial charge in [0, 0.05) is 28.1 Å². The van der Waals surface area contributed by atoms with Crippen molar-refractivity contribution in [2.75, 3.05) is 18.9 Å². The average molecular weight is 641 g/mol. The van der Waals surface area contributed by atoms with Gasteiger partial charge in [0.2, 0.25) is 0 Å². The molecule has 0 spiro atoms. The third kappa shape index (κ3) is 8.15. The summed E-state index contributed by atoms with van der Waals surface area (Å²) in [6.45, 7) is 28.7. The Morgan fingerprint density at radius 3 is 1.59 bits per heavy atom. The summed E-state index contributed by atoms with van der Waals surface area (Å²) in [5.41, 5.74) is 10.6. The minimum Gasteiger partial charge on any atom is -0.415 e. The molecule has 0 aliphatic rings. The van der Waals surface area contributed by atoms with Crippen molar-refractivity contribution in [2.24, 2.45) is 0 Å². The number of aryl methyl sites for hydroxylation is 2. The minimum atomic E-state index is -1.79. The van der Waals surface area contributed by atoms with Gasteiger partial charge in [-0.1, -0.05) is 41.5 Å². The fourth-order valence-corrected chi connectivity index (χ4v) is 6.31. The van der Waals surface area contributed by atoms with E-state index in [0.29, 0.717) is 25.3 Å². The third-order valence-corrected chi connectivity index (χ3v) is 18.4. The minimum absolute atomic E-state index is 0.129. The number of nitrogen functional groups attached to an aromatic ring is 1. The first-order chi connectivity index (χ1) is 20.1. The molecular formula is C32H52N6O4Si2. The maximum atomic E-state index is 11.1. The monoisotopic (exact) mass is 640 g/mol. The summed E-state index contributed by atoms with van der Waals surface area (Å²) in [4.78, 5) is 10.8. The van der Waals surface area contributed by atoms with Crippen LogP contribution in [0.5, 0.6) is 0 Å². The van der Waals surface area contributed by atoms with Crippen LogP contribution in [-0.2, 0) is 21.9 Å². The summed E-state index contributed by atoms with van der Waals surface area (Å²) in [5.74, 6) is 0. The molecule has 0 amide bonds. The first kappa shape index (κ1) is 35.4. The van der Waals surface area contributed by atoms with Gasteiger partial charge in [-0.25, -0.2) is 0 Å². The van der Waals surface area contributed by atoms with Crippen molar-refractivity contribution in [3.8, 4) is 0 Å². The van der Waals surface area contributed by atoms with E-state index in [1.165, 1.54) is 0 Å². The lowest BCUT2D eigenvalue weighted by Crippen LogP contribution is -2.41. The molecule has 0 saturated carbocycles. The number of hydrogen-bond donors (Lipinski definition) is 1. The predicted molar refractivity (Wildman–Crippen MR) is 186 cm³/mol. The number of nitrogens with zero attached hydrogens (tertiary/aromatic N) is 5. The molecule has 0 atom stereocenters. The summed E-state index contributed by atoms with van der Waals surface area (Å²) >= 11 is 0. The zero-order valence-electron chi connectivity index (χ0n) is 28.7. The Balaban J connectivity index is 0.000000241. The van der Waals surface area contributed by atoms with Gasteiger partial charge in [0.1, 0.15) is 0 Å². The highest BCUT2D eigenvalue weighted by Crippen LogP contribution is 2.37. The molecule has 2 aromatic heterocycles. The fourth-order valence-electron chi connectivity index (χ4n) is 4.25. The second-order valence-corrected chi connectivity index (χ2v) is 24.3. The largest absolute Gasteiger partial charge is 0.415 e. The van der Waals surface area contributed by atoms with Gasteiger partial charge in [-0.3, -0.25) is 19.5 Å². The van der Waals surface area contributed by atoms with Gasteiger partial charge in [0.05, 0.1) is 54.7 Å². The van der Waals surface area contributed by atoms with E-state index in [0.717, 1.165) is 39.6 Å². The summed E-state index contributed by atoms with van der Waals surface area (Å²) in [6.07, 6.45) is 3.65. The van der Waals surface area contributed by atoms with Gasteiger partial charge < -0.3 is 14.6 Å². The van der Waals surface area contributed by atoms with Gasteiger partial charge >= 0.3 is 0 Å². The van der Waals surface area contributed by atoms with Crippen molar-refractivity contribution < 1.29 is 13.8 Å². The quantitative estimate of drug-likeness (QED) is 0.0846. The number of anilines is 1. The van der Waals surface area contributed by atoms with E-state index in [1.54, 1.807) is 23.9 Å². The molecular weight excluding hydrogens is 589 g/mol. The molecule has 0 bridgehead atoms. The Labute approximate surface area is 264 Å². The molecule has 2 N–H and O–H groups in total. The fraction of sp³-hybridized carbons (Fsp3) is 0.562. The normalized spacial score (nSPS) is 12.9. The van der Waals surface area contributed by atoms with Crippen molar-refractivity contribution in [3.63, 3.8) is 0 Å². The number of nitro groups is 1. The first-order valence-electron chi connectivity index (χ1n) is 15.2. The van der Waals surface area contributed by atoms with E-state index < -0.39 is 16.6 Å². The molecule has 2 heterocycles. The van der Waals surface area contributed by atoms with Gasteiger partial charge in [-0.15, -0.1) is 0 Å². The lowest BCUT2D eigenvalue weighted by molar-refractivity contribution is -0.385. The number of aromatic nitrogens is 4. The van der Waals surface area contributed by atoms with Crippen LogP contribution in [0.4, 0.5) is 11.4 Å². The van der Waals surface area contributed by atoms with Crippen molar-refractivity contribution >= 4 is 49.8 Å². The Kier molecular flexibility index (Phi) is 10.6. The Morgan fingerprint density at radius 1 is 0.773 bits per heavy atom. The van der Waals surface area contributed by atoms with Crippen LogP contribution in [-0.4, -0.2) is 54.3 Å². The Morgan fingerprint density at radius 2 is 1.18 bits per heavy atom. The highest BCUT2D eigenvalue weighted by atomic mass is 28.4. The average Bonchev–Trinajstić information content (AvgIpc) is 3.45. The highest BCUT2D eigenvalue weighted by molar-refractivity contribution is 6.74. The zero-order valence-corrected chi connectivity index (χ0v) is 30.7. The molecule has 4 rings (SSSR count). The van der Waals surface area contributed by atoms with E-state index in [1.807, 2.05) is 29.9 Å². The first-order valence-corrected chi connectivity index (χ1v) is 21.1. The van der Waals surface area contributed by atoms with Gasteiger partial charge in [-0.2, -0.15) is 10.2 Å². The summed E-state index contributed by atoms with van der Waals surface area (Å²) in [5, 5.41) is 22.4. The number of benzene rings is 2. The third-order valence-electron chi connectivity index (χ3n) is 9.33. The van der Waals surface area contributed by atoms with Gasteiger partial charge in [0.25, 0.3) is 5.69 Å². The molecule has 0 unspecified atom stereocenters. The molecule has 12 heteroatoms. The zero-order chi connectivity index (χ0) is 33.3. The summed E-state index contributed by atoms with van der Waals surface area (Å²) in [6, 6.07) is 7.50. The van der Waals surface area contributed by atoms with Crippen LogP contribution in [0.15, 0.2) is 36.7 Å². The van der Waals surface area contributed by atoms with E-state index in [4.69, 9.17) is 14.6 Å². The maximum absolute atomic E-state index is 11.1. The van der Waals surface area contributed by atoms with Crippen molar-refractivity contribution in [2.45, 2.75) is 105 Å². The van der Waals surface area contributed by atoms with Crippen LogP contribution in [0.3, 0.4) is 0 Å². The van der Waals surface area contributed by atoms with Crippen LogP contribution in [0.25, 0.3) is 21.8 Å². The van der Waals surface area contributed by atoms with E-state index in [9.17, 15) is 10.1 Å². The smallest absolute Gasteiger partial charge is 0.274 e. The lowest BCUT2D eigenvalue weighted by atomic mass is 10.1. The Bertz CT molecular complexity index is 1610. The standard InChI is InChI=1S/C16H25N3O3Si.C16H27N3OSi/c1-12-9-13-11-17-18(15(13)10-14(12)19(20)21)7-8-22-23(5,6)16(2,3)4;1-12-9-13-11-18-19(15(13)10-14(12)17)7-8-20-21(5,6)16(2,3)4/h9-11H,7-8H2,1-6H3;9-11H,7-8,17H2,1-6H3. The summed E-state index contributed by atoms with van der Waals surface area (Å²) in [7, 11) is -3.48. The molecule has 44 heavy (non-hydrogen) atoms. The number of nitro benzene ring substituents is 1. The predicted octanol–water partition coefficient (Wildman–Crippen LogP) is 8.22. The summed E-state index contributed by atoms with van der Waals surface area (Å²) < 4.78 is 16.1. The number of rotatable bonds is 9. The van der Waals surface area contributed by atoms with Crippen LogP contribution >= 0.6 is 0 Å². The second-order valence-electron chi connectivity index (χ2n) is 14.7. The molecule has 2 aromatic carbocycles. The van der Waals surface area contributed by atoms with E-state index >= 15 is 0 Å². The van der Waals surface area contributed by atoms with Crippen LogP contribution in [0, 0.1) is 24.0 Å². The van der Waals surface area contributed by atoms with Gasteiger partial charge in [0.15, 0.2) is 16.6 Å². The molecule has 10 nitrogen and oxygen atoms in total. The Hall–Kier alpha value is -3.07.